The first kappa shape index (κ1) is 42.1. The molecule has 0 aliphatic rings. The van der Waals surface area contributed by atoms with Crippen molar-refractivity contribution in [3.63, 3.8) is 0 Å². The van der Waals surface area contributed by atoms with Gasteiger partial charge in [-0.3, -0.25) is 9.59 Å². The lowest BCUT2D eigenvalue weighted by Crippen LogP contribution is -2.58. The lowest BCUT2D eigenvalue weighted by atomic mass is 9.92. The van der Waals surface area contributed by atoms with Crippen LogP contribution in [0.3, 0.4) is 0 Å². The SMILES string of the molecule is CCC(C)C(NC(=O)OC(C)(C)C)C(=O)N(C(C)CCC(C)C)C(C(=O)NC(Cc1ccccc1)C(=O)OC(C)(C)C)c1ccc(O)c(C)c1. The molecule has 278 valence electrons. The normalized spacial score (nSPS) is 14.9. The second-order valence-electron chi connectivity index (χ2n) is 15.8. The third-order valence-electron chi connectivity index (χ3n) is 8.40. The number of hydrogen-bond acceptors (Lipinski definition) is 7. The summed E-state index contributed by atoms with van der Waals surface area (Å²) in [6.07, 6.45) is 1.34. The van der Waals surface area contributed by atoms with Gasteiger partial charge in [-0.25, -0.2) is 9.59 Å². The van der Waals surface area contributed by atoms with Crippen LogP contribution in [0, 0.1) is 18.8 Å². The molecule has 0 saturated carbocycles. The summed E-state index contributed by atoms with van der Waals surface area (Å²) in [4.78, 5) is 58.0. The maximum Gasteiger partial charge on any atom is 0.408 e. The highest BCUT2D eigenvalue weighted by molar-refractivity contribution is 5.94. The fourth-order valence-corrected chi connectivity index (χ4v) is 5.54. The first-order valence-corrected chi connectivity index (χ1v) is 17.8. The number of esters is 1. The van der Waals surface area contributed by atoms with Crippen LogP contribution in [0.5, 0.6) is 5.75 Å². The van der Waals surface area contributed by atoms with Crippen LogP contribution in [0.2, 0.25) is 0 Å². The maximum atomic E-state index is 14.9. The highest BCUT2D eigenvalue weighted by atomic mass is 16.6. The summed E-state index contributed by atoms with van der Waals surface area (Å²) in [5, 5.41) is 16.2. The van der Waals surface area contributed by atoms with Crippen LogP contribution in [-0.2, 0) is 30.3 Å². The monoisotopic (exact) mass is 695 g/mol. The van der Waals surface area contributed by atoms with Crippen molar-refractivity contribution in [2.45, 2.75) is 144 Å². The largest absolute Gasteiger partial charge is 0.508 e. The minimum absolute atomic E-state index is 0.0402. The van der Waals surface area contributed by atoms with E-state index in [0.29, 0.717) is 29.9 Å². The van der Waals surface area contributed by atoms with Gasteiger partial charge in [0.2, 0.25) is 11.8 Å². The second kappa shape index (κ2) is 18.2. The molecule has 0 aliphatic carbocycles. The summed E-state index contributed by atoms with van der Waals surface area (Å²) < 4.78 is 11.3. The summed E-state index contributed by atoms with van der Waals surface area (Å²) in [6.45, 7) is 22.1. The number of nitrogens with zero attached hydrogens (tertiary/aromatic N) is 1. The van der Waals surface area contributed by atoms with Crippen molar-refractivity contribution >= 4 is 23.9 Å². The molecule has 3 amide bonds. The number of ether oxygens (including phenoxy) is 2. The molecule has 50 heavy (non-hydrogen) atoms. The average Bonchev–Trinajstić information content (AvgIpc) is 3.00. The van der Waals surface area contributed by atoms with E-state index in [1.54, 1.807) is 60.6 Å². The molecule has 10 nitrogen and oxygen atoms in total. The molecule has 0 bridgehead atoms. The van der Waals surface area contributed by atoms with E-state index in [1.807, 2.05) is 51.1 Å². The first-order chi connectivity index (χ1) is 23.1. The number of rotatable bonds is 15. The van der Waals surface area contributed by atoms with Gasteiger partial charge in [0.25, 0.3) is 0 Å². The molecule has 0 fully saturated rings. The van der Waals surface area contributed by atoms with Crippen molar-refractivity contribution in [3.05, 3.63) is 65.2 Å². The zero-order valence-electron chi connectivity index (χ0n) is 32.3. The van der Waals surface area contributed by atoms with E-state index in [-0.39, 0.29) is 18.1 Å². The number of aryl methyl sites for hydroxylation is 1. The predicted molar refractivity (Wildman–Crippen MR) is 196 cm³/mol. The smallest absolute Gasteiger partial charge is 0.408 e. The number of nitrogens with one attached hydrogen (secondary N) is 2. The van der Waals surface area contributed by atoms with E-state index < -0.39 is 59.2 Å². The number of carbonyl (C=O) groups excluding carboxylic acids is 4. The lowest BCUT2D eigenvalue weighted by Gasteiger charge is -2.40. The van der Waals surface area contributed by atoms with E-state index in [4.69, 9.17) is 9.47 Å². The van der Waals surface area contributed by atoms with Crippen molar-refractivity contribution < 1.29 is 33.8 Å². The van der Waals surface area contributed by atoms with Gasteiger partial charge in [-0.05, 0) is 109 Å². The summed E-state index contributed by atoms with van der Waals surface area (Å²) in [6, 6.07) is 10.3. The number of alkyl carbamates (subject to hydrolysis) is 1. The van der Waals surface area contributed by atoms with Crippen molar-refractivity contribution in [3.8, 4) is 5.75 Å². The van der Waals surface area contributed by atoms with Gasteiger partial charge in [0.1, 0.15) is 35.1 Å². The van der Waals surface area contributed by atoms with Crippen LogP contribution in [0.15, 0.2) is 48.5 Å². The quantitative estimate of drug-likeness (QED) is 0.165. The standard InChI is InChI=1S/C40H61N3O7/c1-13-26(4)33(42-38(48)50-40(10,11)12)36(46)43(28(6)20-19-25(2)3)34(30-21-22-32(44)27(5)23-30)35(45)41-31(37(47)49-39(7,8)9)24-29-17-15-14-16-18-29/h14-18,21-23,25-26,28,31,33-34,44H,13,19-20,24H2,1-12H3,(H,41,45)(H,42,48). The van der Waals surface area contributed by atoms with Gasteiger partial charge in [-0.15, -0.1) is 0 Å². The third kappa shape index (κ3) is 13.3. The second-order valence-corrected chi connectivity index (χ2v) is 15.8. The lowest BCUT2D eigenvalue weighted by molar-refractivity contribution is -0.159. The molecular weight excluding hydrogens is 634 g/mol. The number of hydrogen-bond donors (Lipinski definition) is 3. The molecule has 10 heteroatoms. The van der Waals surface area contributed by atoms with Crippen LogP contribution < -0.4 is 10.6 Å². The van der Waals surface area contributed by atoms with E-state index in [1.165, 1.54) is 11.0 Å². The van der Waals surface area contributed by atoms with Crippen molar-refractivity contribution in [1.82, 2.24) is 15.5 Å². The molecule has 2 aromatic carbocycles. The number of phenols is 1. The van der Waals surface area contributed by atoms with Crippen LogP contribution in [0.1, 0.15) is 118 Å². The van der Waals surface area contributed by atoms with E-state index in [2.05, 4.69) is 24.5 Å². The molecule has 3 N–H and O–H groups in total. The molecule has 2 aromatic rings. The number of aromatic hydroxyl groups is 1. The minimum Gasteiger partial charge on any atom is -0.508 e. The molecule has 5 atom stereocenters. The van der Waals surface area contributed by atoms with Gasteiger partial charge in [0.15, 0.2) is 0 Å². The Morgan fingerprint density at radius 3 is 1.96 bits per heavy atom. The Hall–Kier alpha value is -4.08. The van der Waals surface area contributed by atoms with E-state index >= 15 is 0 Å². The summed E-state index contributed by atoms with van der Waals surface area (Å²) in [5.41, 5.74) is 0.177. The molecular formula is C40H61N3O7. The van der Waals surface area contributed by atoms with Gasteiger partial charge < -0.3 is 30.1 Å². The Bertz CT molecular complexity index is 1430. The first-order valence-electron chi connectivity index (χ1n) is 17.8. The van der Waals surface area contributed by atoms with Gasteiger partial charge in [-0.2, -0.15) is 0 Å². The fourth-order valence-electron chi connectivity index (χ4n) is 5.54. The van der Waals surface area contributed by atoms with Crippen molar-refractivity contribution in [2.24, 2.45) is 11.8 Å². The number of benzene rings is 2. The van der Waals surface area contributed by atoms with Crippen LogP contribution in [0.25, 0.3) is 0 Å². The number of phenolic OH excluding ortho intramolecular Hbond substituents is 1. The van der Waals surface area contributed by atoms with Crippen molar-refractivity contribution in [1.29, 1.82) is 0 Å². The van der Waals surface area contributed by atoms with Gasteiger partial charge in [0, 0.05) is 12.5 Å². The Balaban J connectivity index is 2.77. The van der Waals surface area contributed by atoms with Gasteiger partial charge in [0.05, 0.1) is 0 Å². The number of carbonyl (C=O) groups is 4. The number of amides is 3. The highest BCUT2D eigenvalue weighted by Crippen LogP contribution is 2.31. The molecule has 0 aliphatic heterocycles. The topological polar surface area (TPSA) is 134 Å². The highest BCUT2D eigenvalue weighted by Gasteiger charge is 2.42. The molecule has 0 radical (unpaired) electrons. The van der Waals surface area contributed by atoms with Gasteiger partial charge >= 0.3 is 12.1 Å². The summed E-state index contributed by atoms with van der Waals surface area (Å²) in [5.74, 6) is -1.60. The fraction of sp³-hybridized carbons (Fsp3) is 0.600. The zero-order valence-corrected chi connectivity index (χ0v) is 32.3. The van der Waals surface area contributed by atoms with Crippen LogP contribution in [-0.4, -0.2) is 63.2 Å². The Labute approximate surface area is 299 Å². The predicted octanol–water partition coefficient (Wildman–Crippen LogP) is 7.40. The Morgan fingerprint density at radius 2 is 1.44 bits per heavy atom. The third-order valence-corrected chi connectivity index (χ3v) is 8.40. The van der Waals surface area contributed by atoms with Crippen LogP contribution >= 0.6 is 0 Å². The molecule has 0 saturated heterocycles. The maximum absolute atomic E-state index is 14.9. The molecule has 2 rings (SSSR count). The van der Waals surface area contributed by atoms with Crippen LogP contribution in [0.4, 0.5) is 4.79 Å². The summed E-state index contributed by atoms with van der Waals surface area (Å²) in [7, 11) is 0. The summed E-state index contributed by atoms with van der Waals surface area (Å²) >= 11 is 0. The Morgan fingerprint density at radius 1 is 0.840 bits per heavy atom. The van der Waals surface area contributed by atoms with E-state index in [0.717, 1.165) is 12.0 Å². The molecule has 0 aromatic heterocycles. The minimum atomic E-state index is -1.23. The molecule has 5 unspecified atom stereocenters. The Kier molecular flexibility index (Phi) is 15.4. The average molecular weight is 696 g/mol. The molecule has 0 heterocycles. The molecule has 0 spiro atoms. The van der Waals surface area contributed by atoms with Gasteiger partial charge in [-0.1, -0.05) is 70.5 Å². The van der Waals surface area contributed by atoms with E-state index in [9.17, 15) is 24.3 Å². The zero-order chi connectivity index (χ0) is 38.0. The van der Waals surface area contributed by atoms with Crippen molar-refractivity contribution in [2.75, 3.05) is 0 Å².